The Bertz CT molecular complexity index is 927. The van der Waals surface area contributed by atoms with Crippen molar-refractivity contribution in [3.8, 4) is 6.07 Å². The lowest BCUT2D eigenvalue weighted by atomic mass is 10.1. The highest BCUT2D eigenvalue weighted by atomic mass is 19.1. The molecule has 1 unspecified atom stereocenters. The minimum absolute atomic E-state index is 0.0387. The zero-order chi connectivity index (χ0) is 19.7. The number of carbonyl (C=O) groups excluding carboxylic acids is 1. The minimum atomic E-state index is -1.09. The predicted molar refractivity (Wildman–Crippen MR) is 106 cm³/mol. The van der Waals surface area contributed by atoms with Crippen LogP contribution in [0.25, 0.3) is 10.9 Å². The van der Waals surface area contributed by atoms with Crippen molar-refractivity contribution in [1.82, 2.24) is 14.8 Å². The first-order chi connectivity index (χ1) is 13.5. The van der Waals surface area contributed by atoms with Gasteiger partial charge in [0.1, 0.15) is 12.2 Å². The molecule has 0 spiro atoms. The van der Waals surface area contributed by atoms with E-state index in [1.807, 2.05) is 12.1 Å². The van der Waals surface area contributed by atoms with Crippen LogP contribution in [0.3, 0.4) is 0 Å². The van der Waals surface area contributed by atoms with Crippen molar-refractivity contribution in [3.63, 3.8) is 0 Å². The Morgan fingerprint density at radius 1 is 1.43 bits per heavy atom. The average Bonchev–Trinajstić information content (AvgIpc) is 3.27. The lowest BCUT2D eigenvalue weighted by Gasteiger charge is -2.23. The number of halogens is 1. The molecule has 0 saturated carbocycles. The largest absolute Gasteiger partial charge is 0.381 e. The van der Waals surface area contributed by atoms with Crippen molar-refractivity contribution < 1.29 is 9.18 Å². The number of alkyl halides is 1. The number of nitrogens with one attached hydrogen (secondary N) is 1. The number of aryl methyl sites for hydroxylation is 1. The summed E-state index contributed by atoms with van der Waals surface area (Å²) in [6.45, 7) is 3.89. The zero-order valence-corrected chi connectivity index (χ0v) is 15.9. The molecule has 1 amide bonds. The Labute approximate surface area is 163 Å². The molecule has 2 aromatic rings. The number of carbonyl (C=O) groups is 1. The van der Waals surface area contributed by atoms with E-state index in [0.29, 0.717) is 0 Å². The lowest BCUT2D eigenvalue weighted by Crippen LogP contribution is -2.42. The first-order valence-corrected chi connectivity index (χ1v) is 9.71. The van der Waals surface area contributed by atoms with Crippen LogP contribution in [0.2, 0.25) is 0 Å². The maximum absolute atomic E-state index is 13.6. The summed E-state index contributed by atoms with van der Waals surface area (Å²) in [6, 6.07) is 9.86. The molecule has 1 aromatic heterocycles. The molecule has 0 radical (unpaired) electrons. The maximum atomic E-state index is 13.6. The molecule has 1 aromatic carbocycles. The summed E-state index contributed by atoms with van der Waals surface area (Å²) in [7, 11) is 0. The van der Waals surface area contributed by atoms with Crippen molar-refractivity contribution >= 4 is 22.5 Å². The second-order valence-electron chi connectivity index (χ2n) is 7.76. The summed E-state index contributed by atoms with van der Waals surface area (Å²) < 4.78 is 13.6. The monoisotopic (exact) mass is 381 g/mol. The first-order valence-electron chi connectivity index (χ1n) is 9.71. The van der Waals surface area contributed by atoms with E-state index in [-0.39, 0.29) is 31.5 Å². The second-order valence-corrected chi connectivity index (χ2v) is 7.76. The predicted octanol–water partition coefficient (Wildman–Crippen LogP) is 2.49. The quantitative estimate of drug-likeness (QED) is 0.881. The Morgan fingerprint density at radius 2 is 2.29 bits per heavy atom. The number of pyridine rings is 1. The molecule has 2 aliphatic heterocycles. The van der Waals surface area contributed by atoms with Gasteiger partial charge in [0.15, 0.2) is 0 Å². The highest BCUT2D eigenvalue weighted by Gasteiger charge is 2.36. The fourth-order valence-corrected chi connectivity index (χ4v) is 4.25. The van der Waals surface area contributed by atoms with Gasteiger partial charge in [-0.2, -0.15) is 5.26 Å². The van der Waals surface area contributed by atoms with E-state index >= 15 is 0 Å². The summed E-state index contributed by atoms with van der Waals surface area (Å²) in [5, 5.41) is 13.8. The van der Waals surface area contributed by atoms with Gasteiger partial charge in [-0.15, -0.1) is 0 Å². The van der Waals surface area contributed by atoms with Crippen LogP contribution in [0.5, 0.6) is 0 Å². The number of hydrogen-bond acceptors (Lipinski definition) is 5. The number of nitriles is 1. The van der Waals surface area contributed by atoms with Crippen molar-refractivity contribution in [2.75, 3.05) is 31.5 Å². The molecule has 3 atom stereocenters. The van der Waals surface area contributed by atoms with Crippen LogP contribution in [0.15, 0.2) is 30.5 Å². The highest BCUT2D eigenvalue weighted by molar-refractivity contribution is 5.85. The third-order valence-electron chi connectivity index (χ3n) is 5.62. The maximum Gasteiger partial charge on any atom is 0.237 e. The van der Waals surface area contributed by atoms with Gasteiger partial charge >= 0.3 is 0 Å². The second kappa shape index (κ2) is 7.72. The van der Waals surface area contributed by atoms with Gasteiger partial charge < -0.3 is 10.2 Å². The zero-order valence-electron chi connectivity index (χ0n) is 15.9. The van der Waals surface area contributed by atoms with Gasteiger partial charge in [0, 0.05) is 42.8 Å². The molecule has 1 N–H and O–H groups in total. The number of benzene rings is 1. The fourth-order valence-electron chi connectivity index (χ4n) is 4.25. The van der Waals surface area contributed by atoms with Crippen LogP contribution in [-0.4, -0.2) is 65.1 Å². The van der Waals surface area contributed by atoms with E-state index in [1.165, 1.54) is 4.90 Å². The summed E-state index contributed by atoms with van der Waals surface area (Å²) in [6.07, 6.45) is 1.77. The highest BCUT2D eigenvalue weighted by Crippen LogP contribution is 2.24. The van der Waals surface area contributed by atoms with Gasteiger partial charge in [-0.25, -0.2) is 4.39 Å². The van der Waals surface area contributed by atoms with Crippen LogP contribution < -0.4 is 5.32 Å². The summed E-state index contributed by atoms with van der Waals surface area (Å²) in [5.74, 6) is -0.153. The van der Waals surface area contributed by atoms with E-state index in [0.717, 1.165) is 41.7 Å². The molecule has 2 aliphatic rings. The van der Waals surface area contributed by atoms with Gasteiger partial charge in [0.2, 0.25) is 5.91 Å². The van der Waals surface area contributed by atoms with Crippen molar-refractivity contribution in [2.24, 2.45) is 0 Å². The van der Waals surface area contributed by atoms with Crippen molar-refractivity contribution in [1.29, 1.82) is 5.26 Å². The van der Waals surface area contributed by atoms with Crippen LogP contribution >= 0.6 is 0 Å². The third kappa shape index (κ3) is 3.78. The van der Waals surface area contributed by atoms with Gasteiger partial charge in [-0.3, -0.25) is 14.7 Å². The summed E-state index contributed by atoms with van der Waals surface area (Å²) >= 11 is 0. The molecule has 6 nitrogen and oxygen atoms in total. The van der Waals surface area contributed by atoms with Crippen LogP contribution in [-0.2, 0) is 4.79 Å². The molecule has 7 heteroatoms. The molecule has 0 aliphatic carbocycles. The van der Waals surface area contributed by atoms with E-state index in [1.54, 1.807) is 6.20 Å². The Morgan fingerprint density at radius 3 is 3.11 bits per heavy atom. The number of amides is 1. The number of likely N-dealkylation sites (tertiary alicyclic amines) is 2. The fraction of sp³-hybridized carbons (Fsp3) is 0.476. The number of hydrogen-bond donors (Lipinski definition) is 1. The SMILES string of the molecule is Cc1cc(N[C@H]2CCN(CC(=O)N3C[C@@H](F)CC3C#N)C2)cc2cccnc12. The van der Waals surface area contributed by atoms with E-state index in [2.05, 4.69) is 40.3 Å². The first kappa shape index (κ1) is 18.6. The number of fused-ring (bicyclic) bond motifs is 1. The number of rotatable bonds is 4. The molecule has 4 rings (SSSR count). The van der Waals surface area contributed by atoms with E-state index in [9.17, 15) is 9.18 Å². The summed E-state index contributed by atoms with van der Waals surface area (Å²) in [4.78, 5) is 20.4. The smallest absolute Gasteiger partial charge is 0.237 e. The number of nitrogens with zero attached hydrogens (tertiary/aromatic N) is 4. The van der Waals surface area contributed by atoms with Crippen LogP contribution in [0.4, 0.5) is 10.1 Å². The van der Waals surface area contributed by atoms with Gasteiger partial charge in [0.05, 0.1) is 24.7 Å². The van der Waals surface area contributed by atoms with Crippen LogP contribution in [0, 0.1) is 18.3 Å². The van der Waals surface area contributed by atoms with Crippen molar-refractivity contribution in [3.05, 3.63) is 36.0 Å². The van der Waals surface area contributed by atoms with Gasteiger partial charge in [-0.1, -0.05) is 6.07 Å². The average molecular weight is 381 g/mol. The molecule has 28 heavy (non-hydrogen) atoms. The van der Waals surface area contributed by atoms with E-state index in [4.69, 9.17) is 5.26 Å². The number of aromatic nitrogens is 1. The Kier molecular flexibility index (Phi) is 5.14. The molecule has 146 valence electrons. The van der Waals surface area contributed by atoms with E-state index < -0.39 is 12.2 Å². The number of anilines is 1. The van der Waals surface area contributed by atoms with Crippen LogP contribution in [0.1, 0.15) is 18.4 Å². The molecule has 3 heterocycles. The molecular formula is C21H24FN5O. The van der Waals surface area contributed by atoms with Gasteiger partial charge in [0.25, 0.3) is 0 Å². The lowest BCUT2D eigenvalue weighted by molar-refractivity contribution is -0.132. The van der Waals surface area contributed by atoms with Gasteiger partial charge in [-0.05, 0) is 37.1 Å². The molecular weight excluding hydrogens is 357 g/mol. The molecule has 2 saturated heterocycles. The van der Waals surface area contributed by atoms with Crippen molar-refractivity contribution in [2.45, 2.75) is 38.0 Å². The standard InChI is InChI=1S/C21H24FN5O/c1-14-7-18(8-15-3-2-5-24-21(14)15)25-17-4-6-26(12-17)13-20(28)27-11-16(22)9-19(27)10-23/h2-3,5,7-8,16-17,19,25H,4,6,9,11-13H2,1H3/t16-,17-,19?/m0/s1. The third-order valence-corrected chi connectivity index (χ3v) is 5.62. The topological polar surface area (TPSA) is 72.3 Å². The Balaban J connectivity index is 1.36. The Hall–Kier alpha value is -2.72. The minimum Gasteiger partial charge on any atom is -0.381 e. The molecule has 0 bridgehead atoms. The summed E-state index contributed by atoms with van der Waals surface area (Å²) in [5.41, 5.74) is 3.19. The normalized spacial score (nSPS) is 25.2. The molecule has 2 fully saturated rings.